The molecule has 0 fully saturated rings. The minimum Gasteiger partial charge on any atom is -0.462 e. The third-order valence-electron chi connectivity index (χ3n) is 3.80. The molecular formula is C18H21F3N6O6S. The Morgan fingerprint density at radius 2 is 1.82 bits per heavy atom. The van der Waals surface area contributed by atoms with E-state index in [0.717, 1.165) is 0 Å². The van der Waals surface area contributed by atoms with Crippen molar-refractivity contribution < 1.29 is 40.7 Å². The molecule has 0 saturated carbocycles. The first-order valence-electron chi connectivity index (χ1n) is 9.47. The molecule has 0 bridgehead atoms. The molecule has 12 nitrogen and oxygen atoms in total. The van der Waals surface area contributed by atoms with Gasteiger partial charge in [0.15, 0.2) is 6.61 Å². The number of aromatic nitrogens is 3. The molecule has 0 saturated heterocycles. The Morgan fingerprint density at radius 1 is 1.15 bits per heavy atom. The maximum absolute atomic E-state index is 12.8. The van der Waals surface area contributed by atoms with Crippen LogP contribution in [-0.4, -0.2) is 68.9 Å². The van der Waals surface area contributed by atoms with Gasteiger partial charge in [-0.1, -0.05) is 12.1 Å². The van der Waals surface area contributed by atoms with Gasteiger partial charge >= 0.3 is 24.2 Å². The van der Waals surface area contributed by atoms with Gasteiger partial charge in [-0.15, -0.1) is 0 Å². The summed E-state index contributed by atoms with van der Waals surface area (Å²) in [5.41, 5.74) is -0.135. The fourth-order valence-corrected chi connectivity index (χ4v) is 3.82. The zero-order valence-electron chi connectivity index (χ0n) is 18.4. The van der Waals surface area contributed by atoms with E-state index < -0.39 is 51.7 Å². The maximum atomic E-state index is 12.8. The standard InChI is InChI=1S/C18H21F3N6O6S/c1-5-32-13(28)11-8-6-7-10(2)12(11)34(30,31)26-16(29)23-14-22-15(27(3)4)25-17(24-14)33-9-18(19,20)21/h6-8H,5,9H2,1-4H3,(H2,22,23,24,25,26,29). The quantitative estimate of drug-likeness (QED) is 0.508. The van der Waals surface area contributed by atoms with Crippen LogP contribution in [0.15, 0.2) is 23.1 Å². The number of aryl methyl sites for hydroxylation is 1. The van der Waals surface area contributed by atoms with E-state index in [-0.39, 0.29) is 23.7 Å². The number of halogens is 3. The monoisotopic (exact) mass is 506 g/mol. The van der Waals surface area contributed by atoms with E-state index in [1.807, 2.05) is 5.32 Å². The van der Waals surface area contributed by atoms with Gasteiger partial charge in [-0.3, -0.25) is 5.32 Å². The first-order valence-corrected chi connectivity index (χ1v) is 10.9. The average molecular weight is 506 g/mol. The summed E-state index contributed by atoms with van der Waals surface area (Å²) in [5.74, 6) is -1.67. The third kappa shape index (κ3) is 7.16. The van der Waals surface area contributed by atoms with Crippen LogP contribution in [0.1, 0.15) is 22.8 Å². The normalized spacial score (nSPS) is 11.5. The molecule has 1 heterocycles. The van der Waals surface area contributed by atoms with Crippen LogP contribution in [0.2, 0.25) is 0 Å². The van der Waals surface area contributed by atoms with Crippen molar-refractivity contribution in [2.45, 2.75) is 24.9 Å². The van der Waals surface area contributed by atoms with Crippen LogP contribution >= 0.6 is 0 Å². The predicted octanol–water partition coefficient (Wildman–Crippen LogP) is 1.87. The summed E-state index contributed by atoms with van der Waals surface area (Å²) in [7, 11) is -1.67. The Labute approximate surface area is 192 Å². The second kappa shape index (κ2) is 10.5. The molecule has 1 aromatic heterocycles. The van der Waals surface area contributed by atoms with E-state index in [9.17, 15) is 31.2 Å². The SMILES string of the molecule is CCOC(=O)c1cccc(C)c1S(=O)(=O)NC(=O)Nc1nc(OCC(F)(F)F)nc(N(C)C)n1. The number of hydrogen-bond donors (Lipinski definition) is 2. The van der Waals surface area contributed by atoms with Gasteiger partial charge in [0.25, 0.3) is 10.0 Å². The Kier molecular flexibility index (Phi) is 8.20. The lowest BCUT2D eigenvalue weighted by molar-refractivity contribution is -0.154. The van der Waals surface area contributed by atoms with Gasteiger partial charge in [0.2, 0.25) is 11.9 Å². The highest BCUT2D eigenvalue weighted by Crippen LogP contribution is 2.22. The number of esters is 1. The fourth-order valence-electron chi connectivity index (χ4n) is 2.49. The Balaban J connectivity index is 2.30. The van der Waals surface area contributed by atoms with Crippen molar-refractivity contribution in [2.24, 2.45) is 0 Å². The number of nitrogens with one attached hydrogen (secondary N) is 2. The molecule has 2 amide bonds. The van der Waals surface area contributed by atoms with Gasteiger partial charge in [-0.2, -0.15) is 28.1 Å². The van der Waals surface area contributed by atoms with E-state index in [4.69, 9.17) is 4.74 Å². The number of hydrogen-bond acceptors (Lipinski definition) is 10. The van der Waals surface area contributed by atoms with Gasteiger partial charge < -0.3 is 14.4 Å². The molecule has 0 aliphatic rings. The van der Waals surface area contributed by atoms with Gasteiger partial charge in [0, 0.05) is 14.1 Å². The van der Waals surface area contributed by atoms with E-state index >= 15 is 0 Å². The molecule has 0 spiro atoms. The summed E-state index contributed by atoms with van der Waals surface area (Å²) in [6.07, 6.45) is -4.67. The summed E-state index contributed by atoms with van der Waals surface area (Å²) in [6.45, 7) is 1.24. The number of anilines is 2. The molecule has 0 atom stereocenters. The first-order chi connectivity index (χ1) is 15.7. The van der Waals surface area contributed by atoms with Crippen molar-refractivity contribution in [2.75, 3.05) is 37.5 Å². The van der Waals surface area contributed by atoms with Crippen LogP contribution in [0.4, 0.5) is 29.9 Å². The summed E-state index contributed by atoms with van der Waals surface area (Å²) in [6, 6.07) is 1.97. The summed E-state index contributed by atoms with van der Waals surface area (Å²) < 4.78 is 74.1. The second-order valence-corrected chi connectivity index (χ2v) is 8.39. The first kappa shape index (κ1) is 26.6. The number of benzene rings is 1. The number of amides is 2. The molecular weight excluding hydrogens is 485 g/mol. The Bertz CT molecular complexity index is 1170. The van der Waals surface area contributed by atoms with Crippen LogP contribution in [0.3, 0.4) is 0 Å². The van der Waals surface area contributed by atoms with E-state index in [1.54, 1.807) is 4.72 Å². The molecule has 0 unspecified atom stereocenters. The molecule has 2 rings (SSSR count). The minimum absolute atomic E-state index is 0.00743. The lowest BCUT2D eigenvalue weighted by Crippen LogP contribution is -2.36. The van der Waals surface area contributed by atoms with Crippen molar-refractivity contribution in [3.8, 4) is 6.01 Å². The lowest BCUT2D eigenvalue weighted by Gasteiger charge is -2.15. The van der Waals surface area contributed by atoms with Crippen LogP contribution in [0.25, 0.3) is 0 Å². The summed E-state index contributed by atoms with van der Waals surface area (Å²) >= 11 is 0. The minimum atomic E-state index is -4.67. The largest absolute Gasteiger partial charge is 0.462 e. The second-order valence-electron chi connectivity index (χ2n) is 6.77. The van der Waals surface area contributed by atoms with E-state index in [2.05, 4.69) is 19.7 Å². The Morgan fingerprint density at radius 3 is 2.41 bits per heavy atom. The third-order valence-corrected chi connectivity index (χ3v) is 5.33. The van der Waals surface area contributed by atoms with E-state index in [0.29, 0.717) is 0 Å². The molecule has 1 aromatic carbocycles. The van der Waals surface area contributed by atoms with E-state index in [1.165, 1.54) is 51.0 Å². The molecule has 2 aromatic rings. The topological polar surface area (TPSA) is 153 Å². The van der Waals surface area contributed by atoms with Crippen LogP contribution in [0, 0.1) is 6.92 Å². The number of urea groups is 1. The zero-order valence-corrected chi connectivity index (χ0v) is 19.2. The Hall–Kier alpha value is -3.69. The number of alkyl halides is 3. The highest BCUT2D eigenvalue weighted by atomic mass is 32.2. The molecule has 2 N–H and O–H groups in total. The van der Waals surface area contributed by atoms with Gasteiger partial charge in [0.1, 0.15) is 4.90 Å². The fraction of sp³-hybridized carbons (Fsp3) is 0.389. The van der Waals surface area contributed by atoms with Crippen molar-refractivity contribution in [1.29, 1.82) is 0 Å². The van der Waals surface area contributed by atoms with Crippen molar-refractivity contribution >= 4 is 33.9 Å². The number of rotatable bonds is 8. The van der Waals surface area contributed by atoms with Crippen molar-refractivity contribution in [3.05, 3.63) is 29.3 Å². The molecule has 0 aliphatic heterocycles. The maximum Gasteiger partial charge on any atom is 0.422 e. The van der Waals surface area contributed by atoms with Crippen LogP contribution in [0.5, 0.6) is 6.01 Å². The molecule has 0 aliphatic carbocycles. The number of carbonyl (C=O) groups excluding carboxylic acids is 2. The molecule has 34 heavy (non-hydrogen) atoms. The lowest BCUT2D eigenvalue weighted by atomic mass is 10.1. The van der Waals surface area contributed by atoms with Gasteiger partial charge in [-0.25, -0.2) is 22.7 Å². The number of nitrogens with zero attached hydrogens (tertiary/aromatic N) is 4. The number of carbonyl (C=O) groups is 2. The zero-order chi connectivity index (χ0) is 25.7. The molecule has 186 valence electrons. The van der Waals surface area contributed by atoms with Crippen LogP contribution < -0.4 is 19.7 Å². The summed E-state index contributed by atoms with van der Waals surface area (Å²) in [5, 5.41) is 2.00. The van der Waals surface area contributed by atoms with Gasteiger partial charge in [-0.05, 0) is 25.5 Å². The molecule has 0 radical (unpaired) electrons. The average Bonchev–Trinajstić information content (AvgIpc) is 2.70. The molecule has 16 heteroatoms. The number of ether oxygens (including phenoxy) is 2. The summed E-state index contributed by atoms with van der Waals surface area (Å²) in [4.78, 5) is 36.4. The smallest absolute Gasteiger partial charge is 0.422 e. The highest BCUT2D eigenvalue weighted by Gasteiger charge is 2.30. The van der Waals surface area contributed by atoms with Crippen molar-refractivity contribution in [3.63, 3.8) is 0 Å². The highest BCUT2D eigenvalue weighted by molar-refractivity contribution is 7.90. The van der Waals surface area contributed by atoms with Crippen molar-refractivity contribution in [1.82, 2.24) is 19.7 Å². The van der Waals surface area contributed by atoms with Gasteiger partial charge in [0.05, 0.1) is 12.2 Å². The number of sulfonamides is 1. The predicted molar refractivity (Wildman–Crippen MR) is 112 cm³/mol. The van der Waals surface area contributed by atoms with Crippen LogP contribution in [-0.2, 0) is 14.8 Å².